The molecule has 3 aliphatic rings. The number of hydrogen-bond donors (Lipinski definition) is 1. The Bertz CT molecular complexity index is 325. The van der Waals surface area contributed by atoms with E-state index in [0.29, 0.717) is 6.04 Å². The van der Waals surface area contributed by atoms with Crippen molar-refractivity contribution in [2.45, 2.75) is 77.0 Å². The molecular formula is C17H32N2O. The molecule has 0 amide bonds. The maximum Gasteiger partial charge on any atom is 0.0746 e. The van der Waals surface area contributed by atoms with Gasteiger partial charge in [0.25, 0.3) is 0 Å². The van der Waals surface area contributed by atoms with Crippen molar-refractivity contribution in [2.24, 2.45) is 5.41 Å². The second-order valence-electron chi connectivity index (χ2n) is 7.93. The zero-order valence-electron chi connectivity index (χ0n) is 13.4. The normalized spacial score (nSPS) is 40.0. The van der Waals surface area contributed by atoms with E-state index in [2.05, 4.69) is 23.6 Å². The van der Waals surface area contributed by atoms with Gasteiger partial charge in [0.2, 0.25) is 0 Å². The van der Waals surface area contributed by atoms with E-state index in [-0.39, 0.29) is 11.5 Å². The van der Waals surface area contributed by atoms with Gasteiger partial charge in [0, 0.05) is 25.2 Å². The number of hydrogen-bond acceptors (Lipinski definition) is 3. The van der Waals surface area contributed by atoms with E-state index in [0.717, 1.165) is 6.04 Å². The van der Waals surface area contributed by atoms with Crippen molar-refractivity contribution in [3.63, 3.8) is 0 Å². The summed E-state index contributed by atoms with van der Waals surface area (Å²) in [6.07, 6.45) is 9.00. The van der Waals surface area contributed by atoms with E-state index in [1.807, 2.05) is 0 Å². The van der Waals surface area contributed by atoms with Crippen molar-refractivity contribution >= 4 is 0 Å². The monoisotopic (exact) mass is 280 g/mol. The van der Waals surface area contributed by atoms with Crippen LogP contribution in [0.2, 0.25) is 0 Å². The molecule has 2 saturated heterocycles. The van der Waals surface area contributed by atoms with Gasteiger partial charge in [0.1, 0.15) is 0 Å². The summed E-state index contributed by atoms with van der Waals surface area (Å²) >= 11 is 0. The lowest BCUT2D eigenvalue weighted by atomic mass is 9.72. The summed E-state index contributed by atoms with van der Waals surface area (Å²) in [5.41, 5.74) is 0.103. The van der Waals surface area contributed by atoms with Gasteiger partial charge in [-0.05, 0) is 50.6 Å². The van der Waals surface area contributed by atoms with Gasteiger partial charge in [-0.2, -0.15) is 0 Å². The quantitative estimate of drug-likeness (QED) is 0.842. The lowest BCUT2D eigenvalue weighted by Crippen LogP contribution is -2.52. The minimum atomic E-state index is -0.142. The predicted molar refractivity (Wildman–Crippen MR) is 82.8 cm³/mol. The second-order valence-corrected chi connectivity index (χ2v) is 7.93. The molecule has 2 aliphatic heterocycles. The third kappa shape index (κ3) is 2.90. The molecule has 116 valence electrons. The standard InChI is InChI=1S/C17H32N2O/c1-17(2)9-6-7-15(16(17)20)19-12-8-14(13-19)18-10-4-3-5-11-18/h14-16,20H,3-13H2,1-2H3. The minimum absolute atomic E-state index is 0.103. The third-order valence-electron chi connectivity index (χ3n) is 6.06. The smallest absolute Gasteiger partial charge is 0.0746 e. The molecule has 0 radical (unpaired) electrons. The maximum absolute atomic E-state index is 10.7. The first-order chi connectivity index (χ1) is 9.58. The van der Waals surface area contributed by atoms with Crippen LogP contribution in [0.5, 0.6) is 0 Å². The van der Waals surface area contributed by atoms with Gasteiger partial charge >= 0.3 is 0 Å². The molecule has 0 bridgehead atoms. The molecule has 0 spiro atoms. The second kappa shape index (κ2) is 5.94. The van der Waals surface area contributed by atoms with E-state index in [1.54, 1.807) is 0 Å². The van der Waals surface area contributed by atoms with Crippen LogP contribution >= 0.6 is 0 Å². The molecule has 3 rings (SSSR count). The van der Waals surface area contributed by atoms with Crippen molar-refractivity contribution in [1.29, 1.82) is 0 Å². The fourth-order valence-corrected chi connectivity index (χ4v) is 4.63. The SMILES string of the molecule is CC1(C)CCCC(N2CCC(N3CCCCC3)C2)C1O. The molecule has 0 aromatic rings. The van der Waals surface area contributed by atoms with Crippen molar-refractivity contribution in [2.75, 3.05) is 26.2 Å². The van der Waals surface area contributed by atoms with Gasteiger partial charge in [-0.15, -0.1) is 0 Å². The van der Waals surface area contributed by atoms with Gasteiger partial charge in [0.15, 0.2) is 0 Å². The average molecular weight is 280 g/mol. The number of rotatable bonds is 2. The average Bonchev–Trinajstić information content (AvgIpc) is 2.92. The van der Waals surface area contributed by atoms with Gasteiger partial charge in [0.05, 0.1) is 6.10 Å². The van der Waals surface area contributed by atoms with Crippen LogP contribution in [0.25, 0.3) is 0 Å². The summed E-state index contributed by atoms with van der Waals surface area (Å²) in [5, 5.41) is 10.7. The zero-order chi connectivity index (χ0) is 14.2. The van der Waals surface area contributed by atoms with Crippen LogP contribution in [-0.2, 0) is 0 Å². The van der Waals surface area contributed by atoms with Crippen molar-refractivity contribution in [1.82, 2.24) is 9.80 Å². The molecule has 2 heterocycles. The topological polar surface area (TPSA) is 26.7 Å². The Morgan fingerprint density at radius 3 is 2.40 bits per heavy atom. The van der Waals surface area contributed by atoms with Crippen molar-refractivity contribution in [3.05, 3.63) is 0 Å². The Morgan fingerprint density at radius 2 is 1.65 bits per heavy atom. The van der Waals surface area contributed by atoms with Crippen LogP contribution in [-0.4, -0.2) is 59.3 Å². The first-order valence-electron chi connectivity index (χ1n) is 8.74. The first-order valence-corrected chi connectivity index (χ1v) is 8.74. The third-order valence-corrected chi connectivity index (χ3v) is 6.06. The summed E-state index contributed by atoms with van der Waals surface area (Å²) in [4.78, 5) is 5.31. The van der Waals surface area contributed by atoms with E-state index in [1.165, 1.54) is 71.1 Å². The lowest BCUT2D eigenvalue weighted by molar-refractivity contribution is -0.0527. The molecule has 3 fully saturated rings. The van der Waals surface area contributed by atoms with Gasteiger partial charge in [-0.25, -0.2) is 0 Å². The fraction of sp³-hybridized carbons (Fsp3) is 1.00. The highest BCUT2D eigenvalue weighted by molar-refractivity contribution is 4.97. The number of aliphatic hydroxyl groups is 1. The number of piperidine rings is 1. The molecule has 3 heteroatoms. The van der Waals surface area contributed by atoms with Crippen LogP contribution in [0.1, 0.15) is 58.8 Å². The van der Waals surface area contributed by atoms with Crippen LogP contribution in [0.4, 0.5) is 0 Å². The molecule has 3 unspecified atom stereocenters. The molecule has 3 atom stereocenters. The highest BCUT2D eigenvalue weighted by Crippen LogP contribution is 2.39. The predicted octanol–water partition coefficient (Wildman–Crippen LogP) is 2.49. The number of likely N-dealkylation sites (tertiary alicyclic amines) is 2. The highest BCUT2D eigenvalue weighted by Gasteiger charge is 2.42. The summed E-state index contributed by atoms with van der Waals surface area (Å²) < 4.78 is 0. The molecular weight excluding hydrogens is 248 g/mol. The summed E-state index contributed by atoms with van der Waals surface area (Å²) in [6, 6.07) is 1.17. The number of nitrogens with zero attached hydrogens (tertiary/aromatic N) is 2. The van der Waals surface area contributed by atoms with E-state index >= 15 is 0 Å². The largest absolute Gasteiger partial charge is 0.391 e. The Morgan fingerprint density at radius 1 is 0.900 bits per heavy atom. The number of aliphatic hydroxyl groups excluding tert-OH is 1. The highest BCUT2D eigenvalue weighted by atomic mass is 16.3. The molecule has 0 aromatic carbocycles. The molecule has 1 N–H and O–H groups in total. The lowest BCUT2D eigenvalue weighted by Gasteiger charge is -2.45. The Hall–Kier alpha value is -0.120. The summed E-state index contributed by atoms with van der Waals surface area (Å²) in [6.45, 7) is 9.47. The maximum atomic E-state index is 10.7. The Balaban J connectivity index is 1.59. The minimum Gasteiger partial charge on any atom is -0.391 e. The molecule has 3 nitrogen and oxygen atoms in total. The first kappa shape index (κ1) is 14.8. The summed E-state index contributed by atoms with van der Waals surface area (Å²) in [5.74, 6) is 0. The van der Waals surface area contributed by atoms with Crippen molar-refractivity contribution < 1.29 is 5.11 Å². The van der Waals surface area contributed by atoms with Crippen molar-refractivity contribution in [3.8, 4) is 0 Å². The van der Waals surface area contributed by atoms with Crippen LogP contribution in [0.3, 0.4) is 0 Å². The molecule has 1 saturated carbocycles. The molecule has 20 heavy (non-hydrogen) atoms. The summed E-state index contributed by atoms with van der Waals surface area (Å²) in [7, 11) is 0. The van der Waals surface area contributed by atoms with Gasteiger partial charge < -0.3 is 5.11 Å². The molecule has 1 aliphatic carbocycles. The van der Waals surface area contributed by atoms with Gasteiger partial charge in [-0.1, -0.05) is 26.7 Å². The molecule has 0 aromatic heterocycles. The zero-order valence-corrected chi connectivity index (χ0v) is 13.4. The van der Waals surface area contributed by atoms with E-state index in [4.69, 9.17) is 0 Å². The van der Waals surface area contributed by atoms with E-state index < -0.39 is 0 Å². The fourth-order valence-electron chi connectivity index (χ4n) is 4.63. The van der Waals surface area contributed by atoms with Crippen LogP contribution < -0.4 is 0 Å². The van der Waals surface area contributed by atoms with Crippen LogP contribution in [0.15, 0.2) is 0 Å². The van der Waals surface area contributed by atoms with Crippen LogP contribution in [0, 0.1) is 5.41 Å². The van der Waals surface area contributed by atoms with E-state index in [9.17, 15) is 5.11 Å². The Labute approximate surface area is 124 Å². The Kier molecular flexibility index (Phi) is 4.40. The van der Waals surface area contributed by atoms with Gasteiger partial charge in [-0.3, -0.25) is 9.80 Å².